The number of benzene rings is 1. The third-order valence-electron chi connectivity index (χ3n) is 2.60. The summed E-state index contributed by atoms with van der Waals surface area (Å²) in [5, 5.41) is 13.6. The van der Waals surface area contributed by atoms with E-state index >= 15 is 0 Å². The number of nitro benzene ring substituents is 1. The molecule has 98 valence electrons. The molecular weight excluding hydrogens is 246 g/mol. The van der Waals surface area contributed by atoms with Crippen molar-refractivity contribution in [1.82, 2.24) is 4.98 Å². The first-order valence-electron chi connectivity index (χ1n) is 5.66. The van der Waals surface area contributed by atoms with Crippen LogP contribution < -0.4 is 10.1 Å². The second-order valence-corrected chi connectivity index (χ2v) is 3.97. The number of ether oxygens (including phenoxy) is 1. The molecule has 0 aliphatic rings. The number of hydrogen-bond acceptors (Lipinski definition) is 5. The highest BCUT2D eigenvalue weighted by Crippen LogP contribution is 2.28. The molecule has 0 saturated heterocycles. The Balaban J connectivity index is 2.25. The van der Waals surface area contributed by atoms with E-state index in [1.165, 1.54) is 12.1 Å². The number of non-ortho nitro benzene ring substituents is 1. The van der Waals surface area contributed by atoms with Gasteiger partial charge in [0.15, 0.2) is 0 Å². The van der Waals surface area contributed by atoms with Gasteiger partial charge in [0, 0.05) is 25.2 Å². The van der Waals surface area contributed by atoms with Crippen LogP contribution in [-0.4, -0.2) is 17.0 Å². The van der Waals surface area contributed by atoms with Gasteiger partial charge >= 0.3 is 0 Å². The maximum atomic E-state index is 10.7. The molecule has 6 heteroatoms. The summed E-state index contributed by atoms with van der Waals surface area (Å²) in [4.78, 5) is 14.3. The molecule has 2 rings (SSSR count). The molecule has 0 bridgehead atoms. The minimum absolute atomic E-state index is 0.0481. The van der Waals surface area contributed by atoms with Crippen molar-refractivity contribution in [3.63, 3.8) is 0 Å². The van der Waals surface area contributed by atoms with Crippen LogP contribution in [0, 0.1) is 17.0 Å². The summed E-state index contributed by atoms with van der Waals surface area (Å²) in [6, 6.07) is 6.27. The van der Waals surface area contributed by atoms with Gasteiger partial charge in [-0.25, -0.2) is 0 Å². The average molecular weight is 259 g/mol. The molecule has 0 saturated carbocycles. The molecule has 1 aromatic carbocycles. The molecule has 0 aliphatic carbocycles. The van der Waals surface area contributed by atoms with Crippen LogP contribution >= 0.6 is 0 Å². The summed E-state index contributed by atoms with van der Waals surface area (Å²) in [5.74, 6) is 1.14. The minimum atomic E-state index is -0.431. The molecule has 1 N–H and O–H groups in total. The fraction of sp³-hybridized carbons (Fsp3) is 0.154. The number of aromatic nitrogens is 1. The van der Waals surface area contributed by atoms with Gasteiger partial charge in [-0.2, -0.15) is 0 Å². The lowest BCUT2D eigenvalue weighted by Crippen LogP contribution is -1.93. The normalized spacial score (nSPS) is 10.0. The van der Waals surface area contributed by atoms with E-state index in [1.807, 2.05) is 0 Å². The van der Waals surface area contributed by atoms with Crippen LogP contribution in [0.25, 0.3) is 0 Å². The van der Waals surface area contributed by atoms with E-state index in [0.717, 1.165) is 5.69 Å². The Bertz CT molecular complexity index is 614. The van der Waals surface area contributed by atoms with Gasteiger partial charge in [-0.3, -0.25) is 15.1 Å². The Morgan fingerprint density at radius 2 is 2.11 bits per heavy atom. The van der Waals surface area contributed by atoms with E-state index in [1.54, 1.807) is 38.5 Å². The number of nitrogens with one attached hydrogen (secondary N) is 1. The van der Waals surface area contributed by atoms with Crippen LogP contribution in [0.4, 0.5) is 11.4 Å². The Labute approximate surface area is 110 Å². The van der Waals surface area contributed by atoms with Crippen LogP contribution in [0.2, 0.25) is 0 Å². The van der Waals surface area contributed by atoms with Gasteiger partial charge < -0.3 is 10.1 Å². The number of anilines is 1. The van der Waals surface area contributed by atoms with E-state index in [9.17, 15) is 10.1 Å². The second kappa shape index (κ2) is 5.34. The van der Waals surface area contributed by atoms with E-state index in [2.05, 4.69) is 10.3 Å². The number of pyridine rings is 1. The molecule has 0 aliphatic heterocycles. The number of aryl methyl sites for hydroxylation is 1. The predicted molar refractivity (Wildman–Crippen MR) is 71.7 cm³/mol. The van der Waals surface area contributed by atoms with Gasteiger partial charge in [0.25, 0.3) is 5.69 Å². The van der Waals surface area contributed by atoms with Crippen LogP contribution in [0.3, 0.4) is 0 Å². The van der Waals surface area contributed by atoms with Crippen molar-refractivity contribution in [2.75, 3.05) is 12.4 Å². The van der Waals surface area contributed by atoms with Crippen molar-refractivity contribution in [3.8, 4) is 11.5 Å². The molecule has 0 unspecified atom stereocenters. The van der Waals surface area contributed by atoms with Gasteiger partial charge in [0.2, 0.25) is 0 Å². The summed E-state index contributed by atoms with van der Waals surface area (Å²) in [7, 11) is 1.79. The number of hydrogen-bond donors (Lipinski definition) is 1. The largest absolute Gasteiger partial charge is 0.455 e. The van der Waals surface area contributed by atoms with Crippen LogP contribution in [0.15, 0.2) is 36.7 Å². The summed E-state index contributed by atoms with van der Waals surface area (Å²) in [6.07, 6.45) is 3.26. The van der Waals surface area contributed by atoms with Crippen molar-refractivity contribution in [2.24, 2.45) is 0 Å². The molecule has 0 atom stereocenters. The topological polar surface area (TPSA) is 77.3 Å². The standard InChI is InChI=1S/C13H13N3O3/c1-9-5-11(16(17)18)3-4-13(9)19-12-6-10(14-2)7-15-8-12/h3-8,14H,1-2H3. The first-order chi connectivity index (χ1) is 9.10. The lowest BCUT2D eigenvalue weighted by molar-refractivity contribution is -0.384. The van der Waals surface area contributed by atoms with Gasteiger partial charge in [0.05, 0.1) is 23.0 Å². The summed E-state index contributed by atoms with van der Waals surface area (Å²) in [6.45, 7) is 1.76. The van der Waals surface area contributed by atoms with E-state index in [4.69, 9.17) is 4.74 Å². The first-order valence-corrected chi connectivity index (χ1v) is 5.66. The Morgan fingerprint density at radius 1 is 1.32 bits per heavy atom. The van der Waals surface area contributed by atoms with Gasteiger partial charge in [-0.1, -0.05) is 0 Å². The molecule has 0 radical (unpaired) electrons. The molecule has 1 heterocycles. The zero-order valence-electron chi connectivity index (χ0n) is 10.6. The van der Waals surface area contributed by atoms with Gasteiger partial charge in [-0.15, -0.1) is 0 Å². The average Bonchev–Trinajstić information content (AvgIpc) is 2.41. The van der Waals surface area contributed by atoms with E-state index in [0.29, 0.717) is 17.1 Å². The Morgan fingerprint density at radius 3 is 2.74 bits per heavy atom. The molecular formula is C13H13N3O3. The number of nitro groups is 1. The van der Waals surface area contributed by atoms with Crippen LogP contribution in [-0.2, 0) is 0 Å². The zero-order valence-corrected chi connectivity index (χ0v) is 10.6. The quantitative estimate of drug-likeness (QED) is 0.674. The molecule has 6 nitrogen and oxygen atoms in total. The smallest absolute Gasteiger partial charge is 0.269 e. The van der Waals surface area contributed by atoms with Crippen molar-refractivity contribution in [3.05, 3.63) is 52.3 Å². The van der Waals surface area contributed by atoms with E-state index < -0.39 is 4.92 Å². The number of rotatable bonds is 4. The fourth-order valence-electron chi connectivity index (χ4n) is 1.60. The highest BCUT2D eigenvalue weighted by atomic mass is 16.6. The molecule has 0 fully saturated rings. The maximum Gasteiger partial charge on any atom is 0.269 e. The monoisotopic (exact) mass is 259 g/mol. The third kappa shape index (κ3) is 2.98. The SMILES string of the molecule is CNc1cncc(Oc2ccc([N+](=O)[O-])cc2C)c1. The Kier molecular flexibility index (Phi) is 3.61. The summed E-state index contributed by atoms with van der Waals surface area (Å²) in [5.41, 5.74) is 1.58. The molecule has 1 aromatic heterocycles. The van der Waals surface area contributed by atoms with Crippen molar-refractivity contribution < 1.29 is 9.66 Å². The van der Waals surface area contributed by atoms with Crippen LogP contribution in [0.1, 0.15) is 5.56 Å². The van der Waals surface area contributed by atoms with Crippen molar-refractivity contribution in [2.45, 2.75) is 6.92 Å². The highest BCUT2D eigenvalue weighted by Gasteiger charge is 2.09. The van der Waals surface area contributed by atoms with Crippen molar-refractivity contribution >= 4 is 11.4 Å². The summed E-state index contributed by atoms with van der Waals surface area (Å²) >= 11 is 0. The van der Waals surface area contributed by atoms with Gasteiger partial charge in [-0.05, 0) is 18.6 Å². The third-order valence-corrected chi connectivity index (χ3v) is 2.60. The first kappa shape index (κ1) is 12.8. The maximum absolute atomic E-state index is 10.7. The van der Waals surface area contributed by atoms with E-state index in [-0.39, 0.29) is 5.69 Å². The van der Waals surface area contributed by atoms with Crippen molar-refractivity contribution in [1.29, 1.82) is 0 Å². The lowest BCUT2D eigenvalue weighted by Gasteiger charge is -2.09. The highest BCUT2D eigenvalue weighted by molar-refractivity contribution is 5.48. The molecule has 19 heavy (non-hydrogen) atoms. The van der Waals surface area contributed by atoms with Crippen LogP contribution in [0.5, 0.6) is 11.5 Å². The molecule has 0 amide bonds. The fourth-order valence-corrected chi connectivity index (χ4v) is 1.60. The van der Waals surface area contributed by atoms with Gasteiger partial charge in [0.1, 0.15) is 11.5 Å². The predicted octanol–water partition coefficient (Wildman–Crippen LogP) is 3.13. The second-order valence-electron chi connectivity index (χ2n) is 3.97. The minimum Gasteiger partial charge on any atom is -0.455 e. The summed E-state index contributed by atoms with van der Waals surface area (Å²) < 4.78 is 5.66. The lowest BCUT2D eigenvalue weighted by atomic mass is 10.2. The Hall–Kier alpha value is -2.63. The zero-order chi connectivity index (χ0) is 13.8. The molecule has 2 aromatic rings. The number of nitrogens with zero attached hydrogens (tertiary/aromatic N) is 2. The molecule has 0 spiro atoms.